The Hall–Kier alpha value is -2.68. The lowest BCUT2D eigenvalue weighted by Gasteiger charge is -2.06. The zero-order chi connectivity index (χ0) is 26.8. The van der Waals surface area contributed by atoms with Gasteiger partial charge >= 0.3 is 0 Å². The molecular formula is C23H24N4O6S4. The first-order valence-corrected chi connectivity index (χ1v) is 16.9. The van der Waals surface area contributed by atoms with Gasteiger partial charge < -0.3 is 0 Å². The summed E-state index contributed by atoms with van der Waals surface area (Å²) in [6.45, 7) is 0. The maximum absolute atomic E-state index is 12.7. The van der Waals surface area contributed by atoms with Crippen LogP contribution >= 0.6 is 23.5 Å². The quantitative estimate of drug-likeness (QED) is 0.256. The number of fused-ring (bicyclic) bond motifs is 2. The molecule has 0 unspecified atom stereocenters. The number of carbonyl (C=O) groups excluding carboxylic acids is 2. The molecule has 4 rings (SSSR count). The smallest absolute Gasteiger partial charge is 0.255 e. The van der Waals surface area contributed by atoms with Crippen molar-refractivity contribution in [2.24, 2.45) is 0 Å². The summed E-state index contributed by atoms with van der Waals surface area (Å²) < 4.78 is 51.0. The lowest BCUT2D eigenvalue weighted by Crippen LogP contribution is -2.16. The molecule has 0 aliphatic rings. The fourth-order valence-corrected chi connectivity index (χ4v) is 7.39. The number of benzene rings is 2. The molecular weight excluding hydrogens is 557 g/mol. The van der Waals surface area contributed by atoms with Crippen LogP contribution in [-0.4, -0.2) is 69.0 Å². The summed E-state index contributed by atoms with van der Waals surface area (Å²) in [5.74, 6) is 0.690. The minimum absolute atomic E-state index is 0.122. The van der Waals surface area contributed by atoms with Crippen molar-refractivity contribution >= 4 is 75.9 Å². The molecule has 2 aromatic carbocycles. The van der Waals surface area contributed by atoms with Gasteiger partial charge in [0.15, 0.2) is 0 Å². The molecule has 0 bridgehead atoms. The monoisotopic (exact) mass is 580 g/mol. The van der Waals surface area contributed by atoms with E-state index in [1.54, 1.807) is 48.5 Å². The molecule has 37 heavy (non-hydrogen) atoms. The van der Waals surface area contributed by atoms with E-state index in [0.29, 0.717) is 46.4 Å². The van der Waals surface area contributed by atoms with Crippen LogP contribution in [-0.2, 0) is 20.0 Å². The van der Waals surface area contributed by atoms with Crippen LogP contribution < -0.4 is 0 Å². The highest BCUT2D eigenvalue weighted by Crippen LogP contribution is 2.24. The van der Waals surface area contributed by atoms with Gasteiger partial charge in [-0.1, -0.05) is 54.2 Å². The van der Waals surface area contributed by atoms with Gasteiger partial charge in [-0.3, -0.25) is 9.59 Å². The van der Waals surface area contributed by atoms with Crippen LogP contribution in [0.1, 0.15) is 40.5 Å². The van der Waals surface area contributed by atoms with Crippen molar-refractivity contribution in [3.05, 3.63) is 60.2 Å². The first-order chi connectivity index (χ1) is 17.5. The van der Waals surface area contributed by atoms with E-state index in [0.717, 1.165) is 50.4 Å². The SMILES string of the molecule is CS(=O)(=O)n1c(C(=O)SCCCCCSC(=O)c2nc3ccccc3n2S(C)(=O)=O)nc2ccccc21. The van der Waals surface area contributed by atoms with Gasteiger partial charge in [0.25, 0.3) is 10.2 Å². The Labute approximate surface area is 223 Å². The second-order valence-corrected chi connectivity index (χ2v) is 14.0. The number of para-hydroxylation sites is 4. The fourth-order valence-electron chi connectivity index (χ4n) is 3.78. The normalized spacial score (nSPS) is 12.4. The van der Waals surface area contributed by atoms with E-state index in [2.05, 4.69) is 9.97 Å². The summed E-state index contributed by atoms with van der Waals surface area (Å²) in [7, 11) is -7.43. The topological polar surface area (TPSA) is 138 Å². The maximum Gasteiger partial charge on any atom is 0.255 e. The fraction of sp³-hybridized carbons (Fsp3) is 0.304. The van der Waals surface area contributed by atoms with E-state index in [-0.39, 0.29) is 11.6 Å². The number of rotatable bonds is 10. The Morgan fingerprint density at radius 2 is 1.05 bits per heavy atom. The van der Waals surface area contributed by atoms with Crippen LogP contribution in [0.2, 0.25) is 0 Å². The summed E-state index contributed by atoms with van der Waals surface area (Å²) in [6, 6.07) is 13.3. The van der Waals surface area contributed by atoms with Crippen LogP contribution in [0.15, 0.2) is 48.5 Å². The highest BCUT2D eigenvalue weighted by atomic mass is 32.2. The predicted octanol–water partition coefficient (Wildman–Crippen LogP) is 3.62. The zero-order valence-corrected chi connectivity index (χ0v) is 23.3. The molecule has 10 nitrogen and oxygen atoms in total. The molecule has 0 atom stereocenters. The van der Waals surface area contributed by atoms with Gasteiger partial charge in [-0.05, 0) is 37.1 Å². The predicted molar refractivity (Wildman–Crippen MR) is 147 cm³/mol. The zero-order valence-electron chi connectivity index (χ0n) is 20.0. The van der Waals surface area contributed by atoms with Gasteiger partial charge in [-0.25, -0.2) is 34.7 Å². The average Bonchev–Trinajstić information content (AvgIpc) is 3.42. The van der Waals surface area contributed by atoms with Crippen molar-refractivity contribution in [2.75, 3.05) is 24.0 Å². The van der Waals surface area contributed by atoms with Crippen molar-refractivity contribution in [3.63, 3.8) is 0 Å². The summed E-state index contributed by atoms with van der Waals surface area (Å²) >= 11 is 2.01. The number of imidazole rings is 2. The molecule has 0 aliphatic carbocycles. The summed E-state index contributed by atoms with van der Waals surface area (Å²) in [5.41, 5.74) is 1.59. The highest BCUT2D eigenvalue weighted by molar-refractivity contribution is 8.14. The molecule has 0 N–H and O–H groups in total. The number of nitrogens with zero attached hydrogens (tertiary/aromatic N) is 4. The maximum atomic E-state index is 12.7. The third-order valence-electron chi connectivity index (χ3n) is 5.32. The molecule has 0 fully saturated rings. The molecule has 0 saturated carbocycles. The molecule has 0 radical (unpaired) electrons. The second-order valence-electron chi connectivity index (χ2n) is 8.24. The Kier molecular flexibility index (Phi) is 8.11. The molecule has 2 heterocycles. The second kappa shape index (κ2) is 11.0. The Morgan fingerprint density at radius 1 is 0.676 bits per heavy atom. The van der Waals surface area contributed by atoms with Gasteiger partial charge in [0, 0.05) is 11.5 Å². The van der Waals surface area contributed by atoms with Crippen LogP contribution in [0.25, 0.3) is 22.1 Å². The van der Waals surface area contributed by atoms with Gasteiger partial charge in [0.1, 0.15) is 0 Å². The molecule has 0 aliphatic heterocycles. The molecule has 2 aromatic heterocycles. The van der Waals surface area contributed by atoms with Gasteiger partial charge in [-0.15, -0.1) is 0 Å². The Bertz CT molecular complexity index is 1580. The summed E-state index contributed by atoms with van der Waals surface area (Å²) in [5, 5.41) is -0.850. The van der Waals surface area contributed by atoms with Gasteiger partial charge in [-0.2, -0.15) is 0 Å². The molecule has 0 spiro atoms. The molecule has 4 aromatic rings. The van der Waals surface area contributed by atoms with E-state index >= 15 is 0 Å². The number of carbonyl (C=O) groups is 2. The number of unbranched alkanes of at least 4 members (excludes halogenated alkanes) is 2. The third-order valence-corrected chi connectivity index (χ3v) is 9.26. The Balaban J connectivity index is 1.29. The first kappa shape index (κ1) is 27.4. The van der Waals surface area contributed by atoms with E-state index < -0.39 is 30.3 Å². The van der Waals surface area contributed by atoms with E-state index in [4.69, 9.17) is 0 Å². The van der Waals surface area contributed by atoms with Crippen LogP contribution in [0.4, 0.5) is 0 Å². The van der Waals surface area contributed by atoms with E-state index in [1.807, 2.05) is 0 Å². The van der Waals surface area contributed by atoms with Gasteiger partial charge in [0.05, 0.1) is 34.6 Å². The summed E-state index contributed by atoms with van der Waals surface area (Å²) in [6.07, 6.45) is 4.14. The lowest BCUT2D eigenvalue weighted by molar-refractivity contribution is 0.107. The molecule has 0 saturated heterocycles. The largest absolute Gasteiger partial charge is 0.278 e. The minimum Gasteiger partial charge on any atom is -0.278 e. The molecule has 14 heteroatoms. The van der Waals surface area contributed by atoms with E-state index in [1.165, 1.54) is 0 Å². The van der Waals surface area contributed by atoms with Crippen molar-refractivity contribution < 1.29 is 26.4 Å². The lowest BCUT2D eigenvalue weighted by atomic mass is 10.3. The van der Waals surface area contributed by atoms with Crippen LogP contribution in [0.3, 0.4) is 0 Å². The molecule has 196 valence electrons. The van der Waals surface area contributed by atoms with Crippen molar-refractivity contribution in [2.45, 2.75) is 19.3 Å². The Morgan fingerprint density at radius 3 is 1.43 bits per heavy atom. The minimum atomic E-state index is -3.72. The molecule has 0 amide bonds. The van der Waals surface area contributed by atoms with Crippen LogP contribution in [0.5, 0.6) is 0 Å². The number of hydrogen-bond acceptors (Lipinski definition) is 10. The number of thioether (sulfide) groups is 2. The number of hydrogen-bond donors (Lipinski definition) is 0. The third kappa shape index (κ3) is 6.08. The standard InChI is InChI=1S/C23H24N4O6S4/c1-36(30,31)26-18-12-6-4-10-16(18)24-20(26)22(28)34-14-8-3-9-15-35-23(29)21-25-17-11-5-7-13-19(17)27(21)37(2,32)33/h4-7,10-13H,3,8-9,14-15H2,1-2H3. The highest BCUT2D eigenvalue weighted by Gasteiger charge is 2.24. The van der Waals surface area contributed by atoms with Crippen molar-refractivity contribution in [1.29, 1.82) is 0 Å². The average molecular weight is 581 g/mol. The first-order valence-electron chi connectivity index (χ1n) is 11.2. The number of aromatic nitrogens is 4. The van der Waals surface area contributed by atoms with Crippen molar-refractivity contribution in [3.8, 4) is 0 Å². The van der Waals surface area contributed by atoms with Gasteiger partial charge in [0.2, 0.25) is 31.7 Å². The van der Waals surface area contributed by atoms with Crippen LogP contribution in [0, 0.1) is 0 Å². The summed E-state index contributed by atoms with van der Waals surface area (Å²) in [4.78, 5) is 33.9. The van der Waals surface area contributed by atoms with E-state index in [9.17, 15) is 26.4 Å². The van der Waals surface area contributed by atoms with Crippen molar-refractivity contribution in [1.82, 2.24) is 17.9 Å².